The standard InChI is InChI=1S/C30H32FN3O2/c1-18(29(35)34-28-7-4-19(17-33-28)8-10-30(2,3)36)20-12-21-14-23(15-22(21)13-20)25-9-11-32-27-6-5-24(31)16-26(25)27/h4-7,9,11,16-18,20-23,36H,12-15H2,1-3H3,(H,33,34,35)/t18?,20?,21-,22+,23?. The fraction of sp³-hybridized carbons (Fsp3) is 0.433. The number of aromatic nitrogens is 2. The highest BCUT2D eigenvalue weighted by Gasteiger charge is 2.44. The lowest BCUT2D eigenvalue weighted by molar-refractivity contribution is -0.120. The number of rotatable bonds is 4. The Hall–Kier alpha value is -3.30. The van der Waals surface area contributed by atoms with Crippen LogP contribution < -0.4 is 5.32 Å². The van der Waals surface area contributed by atoms with Crippen molar-refractivity contribution < 1.29 is 14.3 Å². The van der Waals surface area contributed by atoms with Crippen molar-refractivity contribution in [1.82, 2.24) is 9.97 Å². The first-order valence-corrected chi connectivity index (χ1v) is 12.7. The first kappa shape index (κ1) is 24.4. The molecule has 2 fully saturated rings. The van der Waals surface area contributed by atoms with E-state index in [1.54, 1.807) is 44.3 Å². The maximum Gasteiger partial charge on any atom is 0.228 e. The van der Waals surface area contributed by atoms with Gasteiger partial charge in [-0.3, -0.25) is 9.78 Å². The van der Waals surface area contributed by atoms with Gasteiger partial charge in [0, 0.05) is 29.3 Å². The predicted molar refractivity (Wildman–Crippen MR) is 139 cm³/mol. The van der Waals surface area contributed by atoms with Crippen LogP contribution in [0.5, 0.6) is 0 Å². The molecular weight excluding hydrogens is 453 g/mol. The van der Waals surface area contributed by atoms with Crippen LogP contribution in [0.2, 0.25) is 0 Å². The molecule has 36 heavy (non-hydrogen) atoms. The van der Waals surface area contributed by atoms with Crippen LogP contribution in [0.25, 0.3) is 10.9 Å². The summed E-state index contributed by atoms with van der Waals surface area (Å²) >= 11 is 0. The van der Waals surface area contributed by atoms with E-state index in [0.717, 1.165) is 36.6 Å². The van der Waals surface area contributed by atoms with E-state index in [9.17, 15) is 14.3 Å². The second-order valence-corrected chi connectivity index (χ2v) is 11.0. The van der Waals surface area contributed by atoms with E-state index in [2.05, 4.69) is 33.2 Å². The lowest BCUT2D eigenvalue weighted by atomic mass is 9.86. The molecule has 2 aliphatic carbocycles. The van der Waals surface area contributed by atoms with Gasteiger partial charge in [-0.2, -0.15) is 0 Å². The highest BCUT2D eigenvalue weighted by Crippen LogP contribution is 2.54. The third-order valence-electron chi connectivity index (χ3n) is 7.88. The number of hydrogen-bond donors (Lipinski definition) is 2. The number of aliphatic hydroxyl groups is 1. The largest absolute Gasteiger partial charge is 0.378 e. The Kier molecular flexibility index (Phi) is 6.53. The molecule has 3 unspecified atom stereocenters. The summed E-state index contributed by atoms with van der Waals surface area (Å²) in [6, 6.07) is 10.4. The summed E-state index contributed by atoms with van der Waals surface area (Å²) in [6.07, 6.45) is 7.70. The van der Waals surface area contributed by atoms with Crippen molar-refractivity contribution in [2.24, 2.45) is 23.7 Å². The first-order valence-electron chi connectivity index (χ1n) is 12.7. The number of carbonyl (C=O) groups excluding carboxylic acids is 1. The summed E-state index contributed by atoms with van der Waals surface area (Å²) in [5, 5.41) is 13.6. The van der Waals surface area contributed by atoms with E-state index in [1.165, 1.54) is 11.6 Å². The van der Waals surface area contributed by atoms with Crippen molar-refractivity contribution in [1.29, 1.82) is 0 Å². The van der Waals surface area contributed by atoms with Gasteiger partial charge in [-0.1, -0.05) is 18.8 Å². The molecule has 0 radical (unpaired) electrons. The molecule has 5 atom stereocenters. The molecule has 5 nitrogen and oxygen atoms in total. The number of amides is 1. The van der Waals surface area contributed by atoms with Gasteiger partial charge in [0.15, 0.2) is 0 Å². The maximum atomic E-state index is 13.9. The minimum absolute atomic E-state index is 0.00467. The molecule has 2 heterocycles. The number of fused-ring (bicyclic) bond motifs is 2. The van der Waals surface area contributed by atoms with Crippen molar-refractivity contribution in [2.45, 2.75) is 58.0 Å². The van der Waals surface area contributed by atoms with E-state index < -0.39 is 5.60 Å². The zero-order valence-corrected chi connectivity index (χ0v) is 21.0. The average Bonchev–Trinajstić information content (AvgIpc) is 3.42. The van der Waals surface area contributed by atoms with E-state index in [1.807, 2.05) is 13.1 Å². The van der Waals surface area contributed by atoms with Crippen LogP contribution in [0.15, 0.2) is 48.8 Å². The number of halogens is 1. The molecule has 5 rings (SSSR count). The predicted octanol–water partition coefficient (Wildman–Crippen LogP) is 5.69. The number of anilines is 1. The molecular formula is C30H32FN3O2. The Morgan fingerprint density at radius 1 is 1.11 bits per heavy atom. The van der Waals surface area contributed by atoms with Crippen LogP contribution in [-0.4, -0.2) is 26.6 Å². The van der Waals surface area contributed by atoms with Crippen molar-refractivity contribution in [2.75, 3.05) is 5.32 Å². The first-order chi connectivity index (χ1) is 17.2. The molecule has 0 spiro atoms. The number of nitrogens with one attached hydrogen (secondary N) is 1. The Morgan fingerprint density at radius 2 is 1.86 bits per heavy atom. The van der Waals surface area contributed by atoms with Crippen LogP contribution in [0.3, 0.4) is 0 Å². The van der Waals surface area contributed by atoms with E-state index in [0.29, 0.717) is 35.1 Å². The van der Waals surface area contributed by atoms with E-state index >= 15 is 0 Å². The monoisotopic (exact) mass is 485 g/mol. The topological polar surface area (TPSA) is 75.1 Å². The molecule has 1 amide bonds. The number of benzene rings is 1. The minimum atomic E-state index is -1.06. The van der Waals surface area contributed by atoms with Crippen LogP contribution in [0.4, 0.5) is 10.2 Å². The van der Waals surface area contributed by atoms with E-state index in [4.69, 9.17) is 0 Å². The average molecular weight is 486 g/mol. The van der Waals surface area contributed by atoms with Crippen LogP contribution >= 0.6 is 0 Å². The summed E-state index contributed by atoms with van der Waals surface area (Å²) in [6.45, 7) is 5.27. The molecule has 1 aromatic carbocycles. The molecule has 186 valence electrons. The summed E-state index contributed by atoms with van der Waals surface area (Å²) in [5.74, 6) is 7.79. The van der Waals surface area contributed by atoms with Crippen LogP contribution in [0, 0.1) is 41.3 Å². The quantitative estimate of drug-likeness (QED) is 0.466. The molecule has 2 aromatic heterocycles. The molecule has 2 N–H and O–H groups in total. The number of pyridine rings is 2. The SMILES string of the molecule is CC(C(=O)Nc1ccc(C#CC(C)(C)O)cn1)C1C[C@H]2CC(c3ccnc4ccc(F)cc34)C[C@H]2C1. The van der Waals surface area contributed by atoms with Gasteiger partial charge >= 0.3 is 0 Å². The third kappa shape index (κ3) is 5.27. The van der Waals surface area contributed by atoms with Gasteiger partial charge in [0.05, 0.1) is 5.52 Å². The van der Waals surface area contributed by atoms with Crippen LogP contribution in [-0.2, 0) is 4.79 Å². The van der Waals surface area contributed by atoms with Gasteiger partial charge in [-0.15, -0.1) is 0 Å². The lowest BCUT2D eigenvalue weighted by Crippen LogP contribution is -2.26. The Bertz CT molecular complexity index is 1320. The second kappa shape index (κ2) is 9.63. The highest BCUT2D eigenvalue weighted by molar-refractivity contribution is 5.91. The van der Waals surface area contributed by atoms with E-state index in [-0.39, 0.29) is 17.6 Å². The van der Waals surface area contributed by atoms with Gasteiger partial charge in [0.25, 0.3) is 0 Å². The van der Waals surface area contributed by atoms with Gasteiger partial charge in [-0.05, 0) is 105 Å². The summed E-state index contributed by atoms with van der Waals surface area (Å²) in [7, 11) is 0. The zero-order valence-electron chi connectivity index (χ0n) is 21.0. The van der Waals surface area contributed by atoms with Gasteiger partial charge in [0.1, 0.15) is 17.2 Å². The van der Waals surface area contributed by atoms with Gasteiger partial charge in [-0.25, -0.2) is 9.37 Å². The summed E-state index contributed by atoms with van der Waals surface area (Å²) in [4.78, 5) is 21.7. The Morgan fingerprint density at radius 3 is 2.53 bits per heavy atom. The Labute approximate surface area is 211 Å². The van der Waals surface area contributed by atoms with Crippen molar-refractivity contribution in [3.05, 3.63) is 65.7 Å². The molecule has 0 bridgehead atoms. The Balaban J connectivity index is 1.19. The fourth-order valence-corrected chi connectivity index (χ4v) is 6.04. The summed E-state index contributed by atoms with van der Waals surface area (Å²) in [5.41, 5.74) is 1.68. The second-order valence-electron chi connectivity index (χ2n) is 11.0. The van der Waals surface area contributed by atoms with Crippen molar-refractivity contribution >= 4 is 22.6 Å². The molecule has 6 heteroatoms. The number of nitrogens with zero attached hydrogens (tertiary/aromatic N) is 2. The fourth-order valence-electron chi connectivity index (χ4n) is 6.04. The molecule has 0 saturated heterocycles. The maximum absolute atomic E-state index is 13.9. The van der Waals surface area contributed by atoms with Gasteiger partial charge < -0.3 is 10.4 Å². The van der Waals surface area contributed by atoms with Gasteiger partial charge in [0.2, 0.25) is 5.91 Å². The van der Waals surface area contributed by atoms with Crippen LogP contribution in [0.1, 0.15) is 63.5 Å². The summed E-state index contributed by atoms with van der Waals surface area (Å²) < 4.78 is 13.9. The van der Waals surface area contributed by atoms with Crippen molar-refractivity contribution in [3.8, 4) is 11.8 Å². The third-order valence-corrected chi connectivity index (χ3v) is 7.88. The minimum Gasteiger partial charge on any atom is -0.378 e. The van der Waals surface area contributed by atoms with Crippen molar-refractivity contribution in [3.63, 3.8) is 0 Å². The normalized spacial score (nSPS) is 24.1. The molecule has 3 aromatic rings. The zero-order chi connectivity index (χ0) is 25.4. The lowest BCUT2D eigenvalue weighted by Gasteiger charge is -2.21. The molecule has 0 aliphatic heterocycles. The molecule has 2 saturated carbocycles. The number of hydrogen-bond acceptors (Lipinski definition) is 4. The smallest absolute Gasteiger partial charge is 0.228 e. The highest BCUT2D eigenvalue weighted by atomic mass is 19.1. The molecule has 2 aliphatic rings. The number of carbonyl (C=O) groups is 1.